The molecule has 2 N–H and O–H groups in total. The van der Waals surface area contributed by atoms with Gasteiger partial charge >= 0.3 is 0 Å². The molecule has 164 valence electrons. The average molecular weight is 474 g/mol. The second kappa shape index (κ2) is 9.41. The third kappa shape index (κ3) is 4.61. The van der Waals surface area contributed by atoms with E-state index in [0.29, 0.717) is 23.7 Å². The van der Waals surface area contributed by atoms with Crippen LogP contribution in [0.3, 0.4) is 0 Å². The van der Waals surface area contributed by atoms with Crippen LogP contribution in [0.5, 0.6) is 5.75 Å². The molecule has 32 heavy (non-hydrogen) atoms. The monoisotopic (exact) mass is 473 g/mol. The lowest BCUT2D eigenvalue weighted by atomic mass is 10.3. The van der Waals surface area contributed by atoms with E-state index in [1.165, 1.54) is 22.9 Å². The first kappa shape index (κ1) is 21.8. The number of carbonyl (C=O) groups excluding carboxylic acids is 1. The average Bonchev–Trinajstić information content (AvgIpc) is 3.25. The van der Waals surface area contributed by atoms with Crippen molar-refractivity contribution in [3.05, 3.63) is 69.9 Å². The molecule has 0 atom stereocenters. The first-order chi connectivity index (χ1) is 15.5. The number of amides is 1. The maximum Gasteiger partial charge on any atom is 0.269 e. The Morgan fingerprint density at radius 2 is 2.06 bits per heavy atom. The number of rotatable bonds is 7. The van der Waals surface area contributed by atoms with Crippen LogP contribution in [0.2, 0.25) is 5.02 Å². The predicted molar refractivity (Wildman–Crippen MR) is 121 cm³/mol. The van der Waals surface area contributed by atoms with E-state index in [2.05, 4.69) is 20.5 Å². The Hall–Kier alpha value is -3.37. The molecule has 0 fully saturated rings. The molecule has 2 aromatic carbocycles. The van der Waals surface area contributed by atoms with E-state index in [1.54, 1.807) is 24.3 Å². The molecule has 0 aliphatic carbocycles. The van der Waals surface area contributed by atoms with Crippen molar-refractivity contribution in [1.82, 2.24) is 19.7 Å². The maximum atomic E-state index is 13.6. The molecule has 0 aliphatic heterocycles. The first-order valence-electron chi connectivity index (χ1n) is 9.53. The zero-order valence-electron chi connectivity index (χ0n) is 16.8. The number of carbonyl (C=O) groups is 1. The normalized spacial score (nSPS) is 11.0. The molecule has 0 saturated carbocycles. The highest BCUT2D eigenvalue weighted by atomic mass is 35.5. The van der Waals surface area contributed by atoms with Crippen molar-refractivity contribution < 1.29 is 13.9 Å². The van der Waals surface area contributed by atoms with E-state index in [1.807, 2.05) is 6.92 Å². The second-order valence-corrected chi connectivity index (χ2v) is 7.91. The van der Waals surface area contributed by atoms with E-state index in [0.717, 1.165) is 17.8 Å². The molecule has 2 aromatic heterocycles. The predicted octanol–water partition coefficient (Wildman–Crippen LogP) is 4.03. The summed E-state index contributed by atoms with van der Waals surface area (Å²) in [5.41, 5.74) is 0.805. The number of anilines is 1. The van der Waals surface area contributed by atoms with Crippen molar-refractivity contribution in [1.29, 1.82) is 0 Å². The molecule has 0 saturated heterocycles. The summed E-state index contributed by atoms with van der Waals surface area (Å²) < 4.78 is 20.3. The van der Waals surface area contributed by atoms with Gasteiger partial charge in [-0.25, -0.2) is 9.37 Å². The van der Waals surface area contributed by atoms with Crippen molar-refractivity contribution in [3.8, 4) is 11.4 Å². The van der Waals surface area contributed by atoms with Gasteiger partial charge in [-0.15, -0.1) is 0 Å². The summed E-state index contributed by atoms with van der Waals surface area (Å²) in [7, 11) is 0. The summed E-state index contributed by atoms with van der Waals surface area (Å²) >= 11 is 6.96. The topological polar surface area (TPSA) is 102 Å². The fraction of sp³-hybridized carbons (Fsp3) is 0.143. The number of thioether (sulfide) groups is 1. The van der Waals surface area contributed by atoms with Crippen LogP contribution in [0.15, 0.2) is 58.6 Å². The zero-order valence-corrected chi connectivity index (χ0v) is 18.3. The number of aromatic nitrogens is 4. The third-order valence-electron chi connectivity index (χ3n) is 4.39. The van der Waals surface area contributed by atoms with Gasteiger partial charge in [-0.3, -0.25) is 19.3 Å². The zero-order chi connectivity index (χ0) is 22.7. The fourth-order valence-corrected chi connectivity index (χ4v) is 3.93. The molecule has 0 radical (unpaired) electrons. The van der Waals surface area contributed by atoms with Gasteiger partial charge in [-0.05, 0) is 49.4 Å². The number of H-pyrrole nitrogens is 1. The van der Waals surface area contributed by atoms with Gasteiger partial charge < -0.3 is 10.1 Å². The number of halogens is 2. The summed E-state index contributed by atoms with van der Waals surface area (Å²) in [5, 5.41) is 9.65. The smallest absolute Gasteiger partial charge is 0.269 e. The maximum absolute atomic E-state index is 13.6. The highest BCUT2D eigenvalue weighted by Gasteiger charge is 2.17. The van der Waals surface area contributed by atoms with Crippen LogP contribution in [-0.4, -0.2) is 38.0 Å². The number of ether oxygens (including phenoxy) is 1. The standard InChI is InChI=1S/C21H17ClFN5O3S/c1-2-31-14-6-3-12(4-7-14)25-18(29)11-32-21-26-19-15(10-24-27-19)20(30)28(21)13-5-8-17(23)16(22)9-13/h3-10H,2,11H2,1H3,(H,24,27)(H,25,29). The van der Waals surface area contributed by atoms with E-state index in [4.69, 9.17) is 16.3 Å². The summed E-state index contributed by atoms with van der Waals surface area (Å²) in [6, 6.07) is 10.9. The van der Waals surface area contributed by atoms with Crippen molar-refractivity contribution in [2.75, 3.05) is 17.7 Å². The Kier molecular flexibility index (Phi) is 6.42. The van der Waals surface area contributed by atoms with Crippen LogP contribution in [0.1, 0.15) is 6.92 Å². The first-order valence-corrected chi connectivity index (χ1v) is 10.9. The highest BCUT2D eigenvalue weighted by molar-refractivity contribution is 7.99. The Labute approximate surface area is 190 Å². The van der Waals surface area contributed by atoms with Crippen molar-refractivity contribution in [2.24, 2.45) is 0 Å². The van der Waals surface area contributed by atoms with Gasteiger partial charge in [0, 0.05) is 5.69 Å². The molecule has 2 heterocycles. The lowest BCUT2D eigenvalue weighted by Crippen LogP contribution is -2.22. The number of nitrogens with one attached hydrogen (secondary N) is 2. The van der Waals surface area contributed by atoms with Gasteiger partial charge in [0.1, 0.15) is 17.0 Å². The summed E-state index contributed by atoms with van der Waals surface area (Å²) in [5.74, 6) is -0.209. The number of hydrogen-bond acceptors (Lipinski definition) is 6. The van der Waals surface area contributed by atoms with Gasteiger partial charge in [0.15, 0.2) is 10.8 Å². The largest absolute Gasteiger partial charge is 0.494 e. The lowest BCUT2D eigenvalue weighted by molar-refractivity contribution is -0.113. The van der Waals surface area contributed by atoms with Crippen molar-refractivity contribution in [3.63, 3.8) is 0 Å². The lowest BCUT2D eigenvalue weighted by Gasteiger charge is -2.12. The van der Waals surface area contributed by atoms with Gasteiger partial charge in [0.25, 0.3) is 5.56 Å². The van der Waals surface area contributed by atoms with Crippen molar-refractivity contribution >= 4 is 46.0 Å². The van der Waals surface area contributed by atoms with E-state index in [9.17, 15) is 14.0 Å². The minimum absolute atomic E-state index is 0.0196. The van der Waals surface area contributed by atoms with Gasteiger partial charge in [0.05, 0.1) is 29.3 Å². The SMILES string of the molecule is CCOc1ccc(NC(=O)CSc2nc3[nH]ncc3c(=O)n2-c2ccc(F)c(Cl)c2)cc1. The number of hydrogen-bond donors (Lipinski definition) is 2. The minimum atomic E-state index is -0.607. The van der Waals surface area contributed by atoms with Crippen LogP contribution in [-0.2, 0) is 4.79 Å². The number of fused-ring (bicyclic) bond motifs is 1. The summed E-state index contributed by atoms with van der Waals surface area (Å²) in [4.78, 5) is 29.9. The van der Waals surface area contributed by atoms with Gasteiger partial charge in [-0.2, -0.15) is 5.10 Å². The van der Waals surface area contributed by atoms with E-state index >= 15 is 0 Å². The Morgan fingerprint density at radius 1 is 1.28 bits per heavy atom. The van der Waals surface area contributed by atoms with Crippen LogP contribution < -0.4 is 15.6 Å². The molecule has 4 aromatic rings. The molecule has 0 unspecified atom stereocenters. The Bertz CT molecular complexity index is 1340. The quantitative estimate of drug-likeness (QED) is 0.310. The van der Waals surface area contributed by atoms with Crippen LogP contribution in [0.25, 0.3) is 16.7 Å². The van der Waals surface area contributed by atoms with Crippen molar-refractivity contribution in [2.45, 2.75) is 12.1 Å². The van der Waals surface area contributed by atoms with E-state index < -0.39 is 11.4 Å². The Balaban J connectivity index is 1.58. The van der Waals surface area contributed by atoms with Gasteiger partial charge in [0.2, 0.25) is 5.91 Å². The minimum Gasteiger partial charge on any atom is -0.494 e. The highest BCUT2D eigenvalue weighted by Crippen LogP contribution is 2.24. The second-order valence-electron chi connectivity index (χ2n) is 6.56. The molecule has 0 bridgehead atoms. The summed E-state index contributed by atoms with van der Waals surface area (Å²) in [6.07, 6.45) is 1.36. The number of aromatic amines is 1. The summed E-state index contributed by atoms with van der Waals surface area (Å²) in [6.45, 7) is 2.44. The molecule has 0 spiro atoms. The van der Waals surface area contributed by atoms with Crippen LogP contribution in [0.4, 0.5) is 10.1 Å². The Morgan fingerprint density at radius 3 is 2.78 bits per heavy atom. The van der Waals surface area contributed by atoms with Crippen LogP contribution in [0, 0.1) is 5.82 Å². The fourth-order valence-electron chi connectivity index (χ4n) is 2.95. The number of benzene rings is 2. The molecule has 1 amide bonds. The van der Waals surface area contributed by atoms with Gasteiger partial charge in [-0.1, -0.05) is 23.4 Å². The van der Waals surface area contributed by atoms with E-state index in [-0.39, 0.29) is 32.9 Å². The molecule has 0 aliphatic rings. The molecular formula is C21H17ClFN5O3S. The third-order valence-corrected chi connectivity index (χ3v) is 5.62. The van der Waals surface area contributed by atoms with Crippen LogP contribution >= 0.6 is 23.4 Å². The molecule has 8 nitrogen and oxygen atoms in total. The number of nitrogens with zero attached hydrogens (tertiary/aromatic N) is 3. The molecule has 4 rings (SSSR count). The molecular weight excluding hydrogens is 457 g/mol. The molecule has 11 heteroatoms.